The highest BCUT2D eigenvalue weighted by molar-refractivity contribution is 8.00. The molecule has 0 fully saturated rings. The van der Waals surface area contributed by atoms with Gasteiger partial charge in [-0.1, -0.05) is 53.4 Å². The summed E-state index contributed by atoms with van der Waals surface area (Å²) < 4.78 is 26.5. The van der Waals surface area contributed by atoms with E-state index in [-0.39, 0.29) is 5.82 Å². The van der Waals surface area contributed by atoms with Gasteiger partial charge in [-0.25, -0.2) is 4.39 Å². The Hall–Kier alpha value is -1.96. The summed E-state index contributed by atoms with van der Waals surface area (Å²) in [6, 6.07) is 12.7. The molecule has 0 amide bonds. The average Bonchev–Trinajstić information content (AvgIpc) is 3.13. The number of hydrogen-bond acceptors (Lipinski definition) is 6. The van der Waals surface area contributed by atoms with Crippen LogP contribution in [0.2, 0.25) is 0 Å². The van der Waals surface area contributed by atoms with Crippen LogP contribution in [0, 0.1) is 5.82 Å². The van der Waals surface area contributed by atoms with E-state index in [1.807, 2.05) is 30.3 Å². The van der Waals surface area contributed by atoms with Crippen molar-refractivity contribution in [1.82, 2.24) is 10.2 Å². The van der Waals surface area contributed by atoms with Crippen LogP contribution in [0.15, 0.2) is 52.3 Å². The van der Waals surface area contributed by atoms with Crippen molar-refractivity contribution in [1.29, 1.82) is 0 Å². The molecule has 4 nitrogen and oxygen atoms in total. The molecule has 1 aliphatic rings. The normalized spacial score (nSPS) is 16.5. The van der Waals surface area contributed by atoms with Gasteiger partial charge in [0, 0.05) is 22.4 Å². The number of aromatic nitrogens is 2. The number of halogens is 1. The summed E-state index contributed by atoms with van der Waals surface area (Å²) in [7, 11) is 0. The van der Waals surface area contributed by atoms with Gasteiger partial charge in [0.05, 0.1) is 6.61 Å². The summed E-state index contributed by atoms with van der Waals surface area (Å²) in [5.41, 5.74) is 4.15. The summed E-state index contributed by atoms with van der Waals surface area (Å²) in [4.78, 5) is 0. The SMILES string of the molecule is Fc1cc2c(c(CSc3nncs3)c1)OC(c1ccccc1)OC2. The average molecular weight is 360 g/mol. The van der Waals surface area contributed by atoms with Crippen LogP contribution in [-0.4, -0.2) is 10.2 Å². The molecular formula is C17H13FN2O2S2. The summed E-state index contributed by atoms with van der Waals surface area (Å²) >= 11 is 2.98. The zero-order valence-corrected chi connectivity index (χ0v) is 14.1. The molecule has 1 aliphatic heterocycles. The Morgan fingerprint density at radius 2 is 2.12 bits per heavy atom. The van der Waals surface area contributed by atoms with Crippen LogP contribution in [0.1, 0.15) is 23.0 Å². The van der Waals surface area contributed by atoms with Crippen molar-refractivity contribution < 1.29 is 13.9 Å². The summed E-state index contributed by atoms with van der Waals surface area (Å²) in [6.45, 7) is 0.323. The predicted molar refractivity (Wildman–Crippen MR) is 90.5 cm³/mol. The molecule has 0 saturated carbocycles. The van der Waals surface area contributed by atoms with E-state index in [4.69, 9.17) is 9.47 Å². The van der Waals surface area contributed by atoms with Crippen molar-refractivity contribution in [3.05, 3.63) is 70.5 Å². The number of ether oxygens (including phenoxy) is 2. The van der Waals surface area contributed by atoms with Crippen LogP contribution >= 0.6 is 23.1 Å². The molecule has 2 aromatic carbocycles. The van der Waals surface area contributed by atoms with Crippen LogP contribution in [0.4, 0.5) is 4.39 Å². The molecule has 1 aromatic heterocycles. The van der Waals surface area contributed by atoms with E-state index in [9.17, 15) is 4.39 Å². The minimum absolute atomic E-state index is 0.285. The van der Waals surface area contributed by atoms with E-state index < -0.39 is 6.29 Å². The van der Waals surface area contributed by atoms with E-state index in [0.717, 1.165) is 21.0 Å². The standard InChI is InChI=1S/C17H13FN2O2S2/c18-14-6-12-8-21-16(11-4-2-1-3-5-11)22-15(12)13(7-14)9-23-17-20-19-10-24-17/h1-7,10,16H,8-9H2. The Morgan fingerprint density at radius 1 is 1.25 bits per heavy atom. The second-order valence-corrected chi connectivity index (χ2v) is 7.27. The van der Waals surface area contributed by atoms with Gasteiger partial charge in [0.25, 0.3) is 0 Å². The van der Waals surface area contributed by atoms with E-state index in [2.05, 4.69) is 10.2 Å². The maximum absolute atomic E-state index is 13.9. The summed E-state index contributed by atoms with van der Waals surface area (Å²) in [6.07, 6.45) is -0.477. The van der Waals surface area contributed by atoms with Crippen LogP contribution in [0.5, 0.6) is 5.75 Å². The highest BCUT2D eigenvalue weighted by Gasteiger charge is 2.25. The molecule has 0 saturated heterocycles. The first-order valence-corrected chi connectivity index (χ1v) is 9.19. The fraction of sp³-hybridized carbons (Fsp3) is 0.176. The number of rotatable bonds is 4. The zero-order chi connectivity index (χ0) is 16.4. The van der Waals surface area contributed by atoms with Crippen molar-refractivity contribution in [2.24, 2.45) is 0 Å². The number of thioether (sulfide) groups is 1. The lowest BCUT2D eigenvalue weighted by Crippen LogP contribution is -2.19. The van der Waals surface area contributed by atoms with Crippen molar-refractivity contribution in [3.63, 3.8) is 0 Å². The van der Waals surface area contributed by atoms with Crippen molar-refractivity contribution >= 4 is 23.1 Å². The first-order chi connectivity index (χ1) is 11.8. The molecule has 24 heavy (non-hydrogen) atoms. The van der Waals surface area contributed by atoms with Gasteiger partial charge in [-0.05, 0) is 12.1 Å². The van der Waals surface area contributed by atoms with Crippen molar-refractivity contribution in [2.45, 2.75) is 23.0 Å². The summed E-state index contributed by atoms with van der Waals surface area (Å²) in [5, 5.41) is 7.81. The maximum Gasteiger partial charge on any atom is 0.227 e. The molecule has 1 atom stereocenters. The largest absolute Gasteiger partial charge is 0.460 e. The quantitative estimate of drug-likeness (QED) is 0.637. The molecule has 122 valence electrons. The Labute approximate surface area is 146 Å². The van der Waals surface area contributed by atoms with Crippen LogP contribution in [0.25, 0.3) is 0 Å². The van der Waals surface area contributed by atoms with E-state index in [1.54, 1.807) is 5.51 Å². The molecule has 0 bridgehead atoms. The molecule has 4 rings (SSSR count). The van der Waals surface area contributed by atoms with Crippen molar-refractivity contribution in [2.75, 3.05) is 0 Å². The third kappa shape index (κ3) is 3.28. The highest BCUT2D eigenvalue weighted by Crippen LogP contribution is 2.38. The third-order valence-corrected chi connectivity index (χ3v) is 5.49. The molecule has 2 heterocycles. The fourth-order valence-electron chi connectivity index (χ4n) is 2.52. The van der Waals surface area contributed by atoms with Crippen LogP contribution in [-0.2, 0) is 17.1 Å². The minimum atomic E-state index is -0.477. The van der Waals surface area contributed by atoms with E-state index in [1.165, 1.54) is 35.2 Å². The Morgan fingerprint density at radius 3 is 2.92 bits per heavy atom. The zero-order valence-electron chi connectivity index (χ0n) is 12.5. The van der Waals surface area contributed by atoms with Gasteiger partial charge in [-0.15, -0.1) is 10.2 Å². The van der Waals surface area contributed by atoms with E-state index >= 15 is 0 Å². The lowest BCUT2D eigenvalue weighted by molar-refractivity contribution is -0.112. The Bertz CT molecular complexity index is 828. The van der Waals surface area contributed by atoms with E-state index in [0.29, 0.717) is 18.1 Å². The Balaban J connectivity index is 1.60. The molecule has 7 heteroatoms. The smallest absolute Gasteiger partial charge is 0.227 e. The number of benzene rings is 2. The van der Waals surface area contributed by atoms with Gasteiger partial charge < -0.3 is 9.47 Å². The highest BCUT2D eigenvalue weighted by atomic mass is 32.2. The Kier molecular flexibility index (Phi) is 4.46. The second kappa shape index (κ2) is 6.88. The first kappa shape index (κ1) is 15.6. The molecule has 1 unspecified atom stereocenters. The van der Waals surface area contributed by atoms with Gasteiger partial charge in [0.15, 0.2) is 4.34 Å². The topological polar surface area (TPSA) is 44.2 Å². The minimum Gasteiger partial charge on any atom is -0.460 e. The number of nitrogens with zero attached hydrogens (tertiary/aromatic N) is 2. The molecule has 3 aromatic rings. The van der Waals surface area contributed by atoms with Gasteiger partial charge >= 0.3 is 0 Å². The molecule has 0 radical (unpaired) electrons. The monoisotopic (exact) mass is 360 g/mol. The molecular weight excluding hydrogens is 347 g/mol. The lowest BCUT2D eigenvalue weighted by atomic mass is 10.1. The first-order valence-electron chi connectivity index (χ1n) is 7.33. The second-order valence-electron chi connectivity index (χ2n) is 5.22. The third-order valence-electron chi connectivity index (χ3n) is 3.59. The van der Waals surface area contributed by atoms with Gasteiger partial charge in [-0.3, -0.25) is 0 Å². The summed E-state index contributed by atoms with van der Waals surface area (Å²) in [5.74, 6) is 0.983. The fourth-order valence-corrected chi connectivity index (χ4v) is 3.98. The van der Waals surface area contributed by atoms with Gasteiger partial charge in [0.1, 0.15) is 17.1 Å². The van der Waals surface area contributed by atoms with Crippen LogP contribution < -0.4 is 4.74 Å². The molecule has 0 aliphatic carbocycles. The number of hydrogen-bond donors (Lipinski definition) is 0. The predicted octanol–water partition coefficient (Wildman–Crippen LogP) is 4.58. The van der Waals surface area contributed by atoms with Gasteiger partial charge in [0.2, 0.25) is 6.29 Å². The van der Waals surface area contributed by atoms with Gasteiger partial charge in [-0.2, -0.15) is 0 Å². The molecule has 0 spiro atoms. The maximum atomic E-state index is 13.9. The molecule has 0 N–H and O–H groups in total. The number of fused-ring (bicyclic) bond motifs is 1. The van der Waals surface area contributed by atoms with Crippen LogP contribution in [0.3, 0.4) is 0 Å². The lowest BCUT2D eigenvalue weighted by Gasteiger charge is -2.28. The van der Waals surface area contributed by atoms with Crippen molar-refractivity contribution in [3.8, 4) is 5.75 Å².